The van der Waals surface area contributed by atoms with Gasteiger partial charge in [-0.15, -0.1) is 11.3 Å². The van der Waals surface area contributed by atoms with Gasteiger partial charge >= 0.3 is 0 Å². The van der Waals surface area contributed by atoms with Crippen LogP contribution in [-0.4, -0.2) is 43.2 Å². The van der Waals surface area contributed by atoms with Gasteiger partial charge in [-0.05, 0) is 37.1 Å². The largest absolute Gasteiger partial charge is 0.307 e. The number of nitrogens with zero attached hydrogens (tertiary/aromatic N) is 3. The van der Waals surface area contributed by atoms with Crippen LogP contribution in [0.3, 0.4) is 0 Å². The number of amides is 1. The molecule has 162 valence electrons. The van der Waals surface area contributed by atoms with Gasteiger partial charge in [-0.1, -0.05) is 44.2 Å². The number of anilines is 1. The predicted molar refractivity (Wildman–Crippen MR) is 124 cm³/mol. The van der Waals surface area contributed by atoms with Crippen molar-refractivity contribution < 1.29 is 13.2 Å². The molecule has 0 aliphatic carbocycles. The summed E-state index contributed by atoms with van der Waals surface area (Å²) in [6.07, 6.45) is 0.631. The van der Waals surface area contributed by atoms with E-state index in [-0.39, 0.29) is 10.8 Å². The number of aromatic nitrogens is 1. The van der Waals surface area contributed by atoms with E-state index in [0.29, 0.717) is 36.6 Å². The Morgan fingerprint density at radius 1 is 1.13 bits per heavy atom. The summed E-state index contributed by atoms with van der Waals surface area (Å²) in [6, 6.07) is 14.9. The molecule has 0 saturated carbocycles. The lowest BCUT2D eigenvalue weighted by molar-refractivity contribution is 0.0992. The monoisotopic (exact) mass is 455 g/mol. The zero-order valence-corrected chi connectivity index (χ0v) is 19.5. The Kier molecular flexibility index (Phi) is 5.96. The average molecular weight is 456 g/mol. The number of aryl methyl sites for hydroxylation is 1. The molecule has 0 N–H and O–H groups in total. The number of sulfonamides is 1. The SMILES string of the molecule is CCN(CC)S(=O)(=O)c1ccc2c(c1)CCN2C(=O)c1sc(-c2ccccc2)nc1C. The molecular weight excluding hydrogens is 430 g/mol. The van der Waals surface area contributed by atoms with Crippen LogP contribution in [0.15, 0.2) is 53.4 Å². The van der Waals surface area contributed by atoms with Crippen LogP contribution in [0.25, 0.3) is 10.6 Å². The van der Waals surface area contributed by atoms with E-state index in [1.54, 1.807) is 23.1 Å². The second kappa shape index (κ2) is 8.53. The highest BCUT2D eigenvalue weighted by Crippen LogP contribution is 2.35. The molecule has 1 amide bonds. The van der Waals surface area contributed by atoms with E-state index in [2.05, 4.69) is 4.98 Å². The van der Waals surface area contributed by atoms with Crippen molar-refractivity contribution in [2.24, 2.45) is 0 Å². The minimum atomic E-state index is -3.52. The lowest BCUT2D eigenvalue weighted by Crippen LogP contribution is -2.30. The number of thiazole rings is 1. The molecule has 0 unspecified atom stereocenters. The molecule has 0 atom stereocenters. The van der Waals surface area contributed by atoms with Crippen molar-refractivity contribution in [2.75, 3.05) is 24.5 Å². The van der Waals surface area contributed by atoms with Crippen LogP contribution in [0.2, 0.25) is 0 Å². The third-order valence-corrected chi connectivity index (χ3v) is 8.79. The molecule has 6 nitrogen and oxygen atoms in total. The summed E-state index contributed by atoms with van der Waals surface area (Å²) in [7, 11) is -3.52. The average Bonchev–Trinajstić information content (AvgIpc) is 3.38. The molecule has 1 aliphatic heterocycles. The Morgan fingerprint density at radius 2 is 1.84 bits per heavy atom. The first kappa shape index (κ1) is 21.7. The Labute approximate surface area is 187 Å². The molecule has 2 aromatic carbocycles. The number of rotatable bonds is 6. The van der Waals surface area contributed by atoms with Gasteiger partial charge in [0.1, 0.15) is 9.88 Å². The van der Waals surface area contributed by atoms with Gasteiger partial charge in [0.05, 0.1) is 10.6 Å². The zero-order valence-electron chi connectivity index (χ0n) is 17.8. The number of carbonyl (C=O) groups is 1. The Morgan fingerprint density at radius 3 is 2.52 bits per heavy atom. The number of carbonyl (C=O) groups excluding carboxylic acids is 1. The first-order valence-corrected chi connectivity index (χ1v) is 12.6. The molecule has 1 aliphatic rings. The fourth-order valence-corrected chi connectivity index (χ4v) is 6.41. The normalized spacial score (nSPS) is 13.6. The summed E-state index contributed by atoms with van der Waals surface area (Å²) < 4.78 is 27.1. The minimum Gasteiger partial charge on any atom is -0.307 e. The van der Waals surface area contributed by atoms with Crippen LogP contribution in [0, 0.1) is 6.92 Å². The molecule has 0 saturated heterocycles. The van der Waals surface area contributed by atoms with Gasteiger partial charge in [-0.3, -0.25) is 4.79 Å². The summed E-state index contributed by atoms with van der Waals surface area (Å²) in [6.45, 7) is 6.89. The van der Waals surface area contributed by atoms with E-state index < -0.39 is 10.0 Å². The lowest BCUT2D eigenvalue weighted by Gasteiger charge is -2.20. The van der Waals surface area contributed by atoms with Crippen molar-refractivity contribution >= 4 is 33.0 Å². The quantitative estimate of drug-likeness (QED) is 0.554. The van der Waals surface area contributed by atoms with Gasteiger partial charge in [0.15, 0.2) is 0 Å². The lowest BCUT2D eigenvalue weighted by atomic mass is 10.2. The molecular formula is C23H25N3O3S2. The maximum absolute atomic E-state index is 13.3. The van der Waals surface area contributed by atoms with Crippen LogP contribution in [-0.2, 0) is 16.4 Å². The first-order valence-electron chi connectivity index (χ1n) is 10.3. The van der Waals surface area contributed by atoms with Gasteiger partial charge in [0.2, 0.25) is 10.0 Å². The predicted octanol–water partition coefficient (Wildman–Crippen LogP) is 4.35. The molecule has 3 aromatic rings. The van der Waals surface area contributed by atoms with Crippen molar-refractivity contribution in [3.05, 3.63) is 64.7 Å². The summed E-state index contributed by atoms with van der Waals surface area (Å²) in [5, 5.41) is 0.821. The van der Waals surface area contributed by atoms with Crippen molar-refractivity contribution in [1.29, 1.82) is 0 Å². The van der Waals surface area contributed by atoms with Gasteiger partial charge in [-0.2, -0.15) is 4.31 Å². The summed E-state index contributed by atoms with van der Waals surface area (Å²) in [5.74, 6) is -0.0877. The molecule has 8 heteroatoms. The number of hydrogen-bond donors (Lipinski definition) is 0. The highest BCUT2D eigenvalue weighted by atomic mass is 32.2. The minimum absolute atomic E-state index is 0.0877. The van der Waals surface area contributed by atoms with E-state index in [1.807, 2.05) is 51.1 Å². The topological polar surface area (TPSA) is 70.6 Å². The zero-order chi connectivity index (χ0) is 22.2. The van der Waals surface area contributed by atoms with E-state index in [4.69, 9.17) is 0 Å². The van der Waals surface area contributed by atoms with Gasteiger partial charge in [0, 0.05) is 30.9 Å². The highest BCUT2D eigenvalue weighted by molar-refractivity contribution is 7.89. The van der Waals surface area contributed by atoms with Gasteiger partial charge < -0.3 is 4.90 Å². The first-order chi connectivity index (χ1) is 14.9. The molecule has 31 heavy (non-hydrogen) atoms. The van der Waals surface area contributed by atoms with Crippen LogP contribution < -0.4 is 4.90 Å². The molecule has 2 heterocycles. The van der Waals surface area contributed by atoms with Crippen molar-refractivity contribution in [3.63, 3.8) is 0 Å². The summed E-state index contributed by atoms with van der Waals surface area (Å²) in [5.41, 5.74) is 3.36. The number of hydrogen-bond acceptors (Lipinski definition) is 5. The Bertz CT molecular complexity index is 1220. The Hall–Kier alpha value is -2.55. The van der Waals surface area contributed by atoms with Crippen molar-refractivity contribution in [1.82, 2.24) is 9.29 Å². The van der Waals surface area contributed by atoms with Gasteiger partial charge in [-0.25, -0.2) is 13.4 Å². The van der Waals surface area contributed by atoms with E-state index in [1.165, 1.54) is 15.6 Å². The second-order valence-electron chi connectivity index (χ2n) is 7.39. The molecule has 1 aromatic heterocycles. The van der Waals surface area contributed by atoms with Crippen LogP contribution in [0.1, 0.15) is 34.8 Å². The number of benzene rings is 2. The fraction of sp³-hybridized carbons (Fsp3) is 0.304. The van der Waals surface area contributed by atoms with E-state index in [9.17, 15) is 13.2 Å². The maximum Gasteiger partial charge on any atom is 0.270 e. The van der Waals surface area contributed by atoms with E-state index >= 15 is 0 Å². The third-order valence-electron chi connectivity index (χ3n) is 5.55. The number of fused-ring (bicyclic) bond motifs is 1. The molecule has 0 bridgehead atoms. The summed E-state index contributed by atoms with van der Waals surface area (Å²) >= 11 is 1.39. The van der Waals surface area contributed by atoms with Crippen molar-refractivity contribution in [2.45, 2.75) is 32.1 Å². The standard InChI is InChI=1S/C23H25N3O3S2/c1-4-25(5-2)31(28,29)19-11-12-20-18(15-19)13-14-26(20)23(27)21-16(3)24-22(30-21)17-9-7-6-8-10-17/h6-12,15H,4-5,13-14H2,1-3H3. The highest BCUT2D eigenvalue weighted by Gasteiger charge is 2.30. The molecule has 0 radical (unpaired) electrons. The second-order valence-corrected chi connectivity index (χ2v) is 10.3. The van der Waals surface area contributed by atoms with Gasteiger partial charge in [0.25, 0.3) is 5.91 Å². The maximum atomic E-state index is 13.3. The van der Waals surface area contributed by atoms with Crippen molar-refractivity contribution in [3.8, 4) is 10.6 Å². The van der Waals surface area contributed by atoms with Crippen LogP contribution in [0.4, 0.5) is 5.69 Å². The fourth-order valence-electron chi connectivity index (χ4n) is 3.88. The third kappa shape index (κ3) is 3.91. The molecule has 0 fully saturated rings. The smallest absolute Gasteiger partial charge is 0.270 e. The van der Waals surface area contributed by atoms with Crippen LogP contribution in [0.5, 0.6) is 0 Å². The van der Waals surface area contributed by atoms with E-state index in [0.717, 1.165) is 21.8 Å². The van der Waals surface area contributed by atoms with Crippen LogP contribution >= 0.6 is 11.3 Å². The Balaban J connectivity index is 1.63. The molecule has 0 spiro atoms. The molecule has 4 rings (SSSR count). The summed E-state index contributed by atoms with van der Waals surface area (Å²) in [4.78, 5) is 20.6.